The monoisotopic (exact) mass is 979 g/mol. The van der Waals surface area contributed by atoms with E-state index in [-0.39, 0.29) is 0 Å². The standard InChI is InChI=1S/C65H41N9O2/c1-5-13-44(14-6-1)71(45-15-7-2-8-16-45)50-29-31-57-52(37-50)54-40-66-35-33-59(54)73(57)48-25-21-42(22-26-48)63-68-56-39-61-62(70-65(56)76-63)69-64(75-61)43-23-27-49(28-24-43)74-58-32-30-51(38-53(58)55-41-67-36-34-60(55)74)72(46-17-9-3-10-18-46)47-19-11-4-12-20-47/h1-41H. The quantitative estimate of drug-likeness (QED) is 0.132. The van der Waals surface area contributed by atoms with Crippen molar-refractivity contribution in [2.45, 2.75) is 0 Å². The Morgan fingerprint density at radius 2 is 0.763 bits per heavy atom. The third kappa shape index (κ3) is 7.17. The lowest BCUT2D eigenvalue weighted by atomic mass is 10.1. The first-order chi connectivity index (χ1) is 37.7. The Morgan fingerprint density at radius 1 is 0.342 bits per heavy atom. The maximum Gasteiger partial charge on any atom is 0.249 e. The first-order valence-electron chi connectivity index (χ1n) is 25.0. The Labute approximate surface area is 434 Å². The molecule has 0 fully saturated rings. The van der Waals surface area contributed by atoms with E-state index >= 15 is 0 Å². The second kappa shape index (κ2) is 17.5. The highest BCUT2D eigenvalue weighted by molar-refractivity contribution is 6.11. The molecule has 76 heavy (non-hydrogen) atoms. The van der Waals surface area contributed by atoms with Gasteiger partial charge in [-0.2, -0.15) is 9.97 Å². The van der Waals surface area contributed by atoms with Crippen molar-refractivity contribution in [1.29, 1.82) is 0 Å². The number of aromatic nitrogens is 7. The lowest BCUT2D eigenvalue weighted by molar-refractivity contribution is 0.608. The van der Waals surface area contributed by atoms with Gasteiger partial charge in [0.05, 0.1) is 22.1 Å². The summed E-state index contributed by atoms with van der Waals surface area (Å²) in [7, 11) is 0. The minimum absolute atomic E-state index is 0.382. The van der Waals surface area contributed by atoms with Gasteiger partial charge in [0.25, 0.3) is 0 Å². The molecular weight excluding hydrogens is 939 g/mol. The Hall–Kier alpha value is -10.7. The number of nitrogens with zero attached hydrogens (tertiary/aromatic N) is 9. The van der Waals surface area contributed by atoms with Gasteiger partial charge < -0.3 is 27.8 Å². The largest absolute Gasteiger partial charge is 0.434 e. The zero-order valence-electron chi connectivity index (χ0n) is 40.5. The third-order valence-electron chi connectivity index (χ3n) is 14.2. The molecule has 0 unspecified atom stereocenters. The fourth-order valence-electron chi connectivity index (χ4n) is 10.7. The molecule has 0 radical (unpaired) electrons. The van der Waals surface area contributed by atoms with Crippen LogP contribution in [0.4, 0.5) is 34.1 Å². The molecule has 0 spiro atoms. The Bertz CT molecular complexity index is 4210. The summed E-state index contributed by atoms with van der Waals surface area (Å²) in [6, 6.07) is 77.5. The predicted octanol–water partition coefficient (Wildman–Crippen LogP) is 16.6. The predicted molar refractivity (Wildman–Crippen MR) is 304 cm³/mol. The highest BCUT2D eigenvalue weighted by Crippen LogP contribution is 2.42. The number of hydrogen-bond acceptors (Lipinski definition) is 9. The molecule has 7 aromatic heterocycles. The van der Waals surface area contributed by atoms with Crippen LogP contribution in [0.3, 0.4) is 0 Å². The molecule has 7 heterocycles. The van der Waals surface area contributed by atoms with Crippen molar-refractivity contribution in [2.75, 3.05) is 9.80 Å². The Morgan fingerprint density at radius 3 is 1.21 bits per heavy atom. The molecule has 0 bridgehead atoms. The summed E-state index contributed by atoms with van der Waals surface area (Å²) < 4.78 is 17.2. The fourth-order valence-corrected chi connectivity index (χ4v) is 10.7. The van der Waals surface area contributed by atoms with Crippen LogP contribution in [0.1, 0.15) is 0 Å². The van der Waals surface area contributed by atoms with Gasteiger partial charge in [0.1, 0.15) is 5.52 Å². The molecule has 15 aromatic rings. The molecule has 0 amide bonds. The third-order valence-corrected chi connectivity index (χ3v) is 14.2. The number of rotatable bonds is 10. The van der Waals surface area contributed by atoms with E-state index in [4.69, 9.17) is 23.8 Å². The summed E-state index contributed by atoms with van der Waals surface area (Å²) >= 11 is 0. The lowest BCUT2D eigenvalue weighted by Gasteiger charge is -2.25. The average Bonchev–Trinajstić information content (AvgIpc) is 4.32. The lowest BCUT2D eigenvalue weighted by Crippen LogP contribution is -2.09. The molecule has 358 valence electrons. The number of pyridine rings is 3. The van der Waals surface area contributed by atoms with E-state index in [0.717, 1.165) is 100 Å². The van der Waals surface area contributed by atoms with E-state index in [0.29, 0.717) is 34.2 Å². The first kappa shape index (κ1) is 43.0. The number of oxazole rings is 2. The van der Waals surface area contributed by atoms with E-state index in [1.807, 2.05) is 79.4 Å². The van der Waals surface area contributed by atoms with E-state index in [1.54, 1.807) is 0 Å². The molecule has 0 aliphatic carbocycles. The molecule has 0 saturated heterocycles. The van der Waals surface area contributed by atoms with Crippen LogP contribution in [0.5, 0.6) is 0 Å². The van der Waals surface area contributed by atoms with Crippen LogP contribution >= 0.6 is 0 Å². The topological polar surface area (TPSA) is 107 Å². The van der Waals surface area contributed by atoms with Crippen molar-refractivity contribution >= 4 is 100 Å². The molecule has 11 nitrogen and oxygen atoms in total. The fraction of sp³-hybridized carbons (Fsp3) is 0. The molecule has 0 N–H and O–H groups in total. The van der Waals surface area contributed by atoms with Crippen LogP contribution in [0, 0.1) is 0 Å². The van der Waals surface area contributed by atoms with Gasteiger partial charge in [-0.1, -0.05) is 72.8 Å². The molecule has 8 aromatic carbocycles. The summed E-state index contributed by atoms with van der Waals surface area (Å²) in [6.45, 7) is 0. The van der Waals surface area contributed by atoms with Crippen LogP contribution < -0.4 is 9.80 Å². The average molecular weight is 980 g/mol. The van der Waals surface area contributed by atoms with Crippen LogP contribution in [0.15, 0.2) is 258 Å². The van der Waals surface area contributed by atoms with E-state index in [2.05, 4.69) is 199 Å². The van der Waals surface area contributed by atoms with Crippen molar-refractivity contribution in [2.24, 2.45) is 0 Å². The maximum atomic E-state index is 6.36. The molecule has 0 saturated carbocycles. The van der Waals surface area contributed by atoms with Gasteiger partial charge in [-0.05, 0) is 146 Å². The van der Waals surface area contributed by atoms with Crippen molar-refractivity contribution < 1.29 is 8.83 Å². The summed E-state index contributed by atoms with van der Waals surface area (Å²) in [5, 5.41) is 4.34. The van der Waals surface area contributed by atoms with Crippen molar-refractivity contribution in [3.63, 3.8) is 0 Å². The van der Waals surface area contributed by atoms with Crippen molar-refractivity contribution in [1.82, 2.24) is 34.1 Å². The zero-order valence-corrected chi connectivity index (χ0v) is 40.5. The zero-order chi connectivity index (χ0) is 50.1. The van der Waals surface area contributed by atoms with Crippen molar-refractivity contribution in [3.8, 4) is 34.3 Å². The molecule has 0 aliphatic rings. The Kier molecular flexibility index (Phi) is 9.92. The van der Waals surface area contributed by atoms with E-state index in [1.165, 1.54) is 0 Å². The van der Waals surface area contributed by atoms with Gasteiger partial charge in [-0.15, -0.1) is 0 Å². The van der Waals surface area contributed by atoms with Gasteiger partial charge >= 0.3 is 0 Å². The summed E-state index contributed by atoms with van der Waals surface area (Å²) in [6.07, 6.45) is 7.58. The van der Waals surface area contributed by atoms with Crippen LogP contribution in [0.2, 0.25) is 0 Å². The van der Waals surface area contributed by atoms with Crippen LogP contribution in [-0.2, 0) is 0 Å². The molecule has 0 atom stereocenters. The summed E-state index contributed by atoms with van der Waals surface area (Å²) in [4.78, 5) is 28.1. The number of benzene rings is 8. The highest BCUT2D eigenvalue weighted by Gasteiger charge is 2.21. The highest BCUT2D eigenvalue weighted by atomic mass is 16.4. The van der Waals surface area contributed by atoms with E-state index < -0.39 is 0 Å². The molecular formula is C65H41N9O2. The normalized spacial score (nSPS) is 11.7. The van der Waals surface area contributed by atoms with Gasteiger partial charge in [0.15, 0.2) is 5.58 Å². The number of fused-ring (bicyclic) bond motifs is 8. The van der Waals surface area contributed by atoms with Gasteiger partial charge in [-0.25, -0.2) is 4.98 Å². The molecule has 0 aliphatic heterocycles. The second-order valence-corrected chi connectivity index (χ2v) is 18.6. The smallest absolute Gasteiger partial charge is 0.249 e. The molecule has 15 rings (SSSR count). The minimum atomic E-state index is 0.382. The Balaban J connectivity index is 0.718. The SMILES string of the molecule is c1ccc(N(c2ccccc2)c2ccc3c(c2)c2cnccc2n3-c2ccc(-c3nc4nc5oc(-c6ccc(-n7c8ccncc8c8cc(N(c9ccccc9)c9ccccc9)ccc87)cc6)nc5cc4o3)cc2)cc1. The second-order valence-electron chi connectivity index (χ2n) is 18.6. The minimum Gasteiger partial charge on any atom is -0.434 e. The molecule has 11 heteroatoms. The van der Waals surface area contributed by atoms with Crippen LogP contribution in [0.25, 0.3) is 100 Å². The number of anilines is 6. The van der Waals surface area contributed by atoms with Crippen LogP contribution in [-0.4, -0.2) is 34.1 Å². The summed E-state index contributed by atoms with van der Waals surface area (Å²) in [5.74, 6) is 0.912. The number of hydrogen-bond donors (Lipinski definition) is 0. The first-order valence-corrected chi connectivity index (χ1v) is 25.0. The van der Waals surface area contributed by atoms with Gasteiger partial charge in [0.2, 0.25) is 23.1 Å². The number of para-hydroxylation sites is 4. The van der Waals surface area contributed by atoms with Crippen molar-refractivity contribution in [3.05, 3.63) is 249 Å². The maximum absolute atomic E-state index is 6.36. The van der Waals surface area contributed by atoms with Gasteiger partial charge in [-0.3, -0.25) is 9.97 Å². The summed E-state index contributed by atoms with van der Waals surface area (Å²) in [5.41, 5.74) is 16.3. The van der Waals surface area contributed by atoms with Gasteiger partial charge in [0, 0.05) is 109 Å². The van der Waals surface area contributed by atoms with E-state index in [9.17, 15) is 0 Å².